The van der Waals surface area contributed by atoms with Gasteiger partial charge in [-0.15, -0.1) is 0 Å². The van der Waals surface area contributed by atoms with E-state index in [4.69, 9.17) is 10.5 Å². The van der Waals surface area contributed by atoms with E-state index in [1.165, 1.54) is 12.1 Å². The molecule has 0 unspecified atom stereocenters. The largest absolute Gasteiger partial charge is 0.397 e. The van der Waals surface area contributed by atoms with Crippen LogP contribution in [-0.4, -0.2) is 30.5 Å². The zero-order valence-electron chi connectivity index (χ0n) is 9.58. The molecule has 0 spiro atoms. The summed E-state index contributed by atoms with van der Waals surface area (Å²) in [5.74, 6) is -0.363. The van der Waals surface area contributed by atoms with Crippen LogP contribution in [0.5, 0.6) is 0 Å². The Morgan fingerprint density at radius 3 is 2.76 bits per heavy atom. The van der Waals surface area contributed by atoms with Crippen LogP contribution in [0, 0.1) is 5.82 Å². The first-order valence-electron chi connectivity index (χ1n) is 5.68. The predicted molar refractivity (Wildman–Crippen MR) is 64.3 cm³/mol. The van der Waals surface area contributed by atoms with Crippen molar-refractivity contribution in [3.8, 4) is 0 Å². The van der Waals surface area contributed by atoms with Crippen molar-refractivity contribution in [1.29, 1.82) is 0 Å². The Morgan fingerprint density at radius 1 is 1.41 bits per heavy atom. The molecule has 17 heavy (non-hydrogen) atoms. The molecular formula is C12H17FN2O2. The zero-order chi connectivity index (χ0) is 12.3. The Kier molecular flexibility index (Phi) is 3.49. The highest BCUT2D eigenvalue weighted by Crippen LogP contribution is 2.24. The molecule has 1 fully saturated rings. The lowest BCUT2D eigenvalue weighted by atomic mass is 9.94. The molecule has 1 heterocycles. The monoisotopic (exact) mass is 240 g/mol. The van der Waals surface area contributed by atoms with Crippen molar-refractivity contribution in [3.05, 3.63) is 24.0 Å². The van der Waals surface area contributed by atoms with E-state index in [1.54, 1.807) is 6.07 Å². The Hall–Kier alpha value is -1.33. The van der Waals surface area contributed by atoms with E-state index in [9.17, 15) is 9.50 Å². The fourth-order valence-corrected chi connectivity index (χ4v) is 1.88. The molecule has 0 atom stereocenters. The van der Waals surface area contributed by atoms with Gasteiger partial charge in [0.25, 0.3) is 0 Å². The first-order valence-corrected chi connectivity index (χ1v) is 5.68. The summed E-state index contributed by atoms with van der Waals surface area (Å²) in [6, 6.07) is 4.18. The molecule has 0 radical (unpaired) electrons. The van der Waals surface area contributed by atoms with Crippen LogP contribution in [0.3, 0.4) is 0 Å². The molecule has 0 bridgehead atoms. The summed E-state index contributed by atoms with van der Waals surface area (Å²) in [4.78, 5) is 0. The second-order valence-electron chi connectivity index (χ2n) is 4.42. The molecule has 4 N–H and O–H groups in total. The number of ether oxygens (including phenoxy) is 1. The van der Waals surface area contributed by atoms with Crippen molar-refractivity contribution >= 4 is 11.4 Å². The van der Waals surface area contributed by atoms with Crippen molar-refractivity contribution in [2.45, 2.75) is 18.4 Å². The number of nitrogen functional groups attached to an aromatic ring is 1. The van der Waals surface area contributed by atoms with E-state index in [0.717, 1.165) is 0 Å². The van der Waals surface area contributed by atoms with Crippen LogP contribution >= 0.6 is 0 Å². The number of nitrogens with one attached hydrogen (secondary N) is 1. The first kappa shape index (κ1) is 12.1. The number of anilines is 2. The van der Waals surface area contributed by atoms with Gasteiger partial charge in [-0.25, -0.2) is 4.39 Å². The van der Waals surface area contributed by atoms with Crippen LogP contribution in [0.2, 0.25) is 0 Å². The van der Waals surface area contributed by atoms with Crippen molar-refractivity contribution in [3.63, 3.8) is 0 Å². The molecule has 1 aromatic rings. The number of rotatable bonds is 3. The van der Waals surface area contributed by atoms with Gasteiger partial charge in [-0.1, -0.05) is 0 Å². The minimum absolute atomic E-state index is 0.348. The van der Waals surface area contributed by atoms with Crippen LogP contribution in [0.4, 0.5) is 15.8 Å². The van der Waals surface area contributed by atoms with Gasteiger partial charge in [-0.3, -0.25) is 0 Å². The van der Waals surface area contributed by atoms with Crippen LogP contribution in [-0.2, 0) is 4.74 Å². The lowest BCUT2D eigenvalue weighted by molar-refractivity contribution is -0.0543. The molecule has 2 rings (SSSR count). The molecule has 1 aliphatic heterocycles. The summed E-state index contributed by atoms with van der Waals surface area (Å²) in [7, 11) is 0. The maximum absolute atomic E-state index is 12.8. The third kappa shape index (κ3) is 3.08. The molecule has 94 valence electrons. The number of benzene rings is 1. The van der Waals surface area contributed by atoms with Gasteiger partial charge in [0.2, 0.25) is 0 Å². The molecule has 0 saturated carbocycles. The van der Waals surface area contributed by atoms with Gasteiger partial charge in [-0.05, 0) is 18.2 Å². The summed E-state index contributed by atoms with van der Waals surface area (Å²) >= 11 is 0. The fourth-order valence-electron chi connectivity index (χ4n) is 1.88. The number of hydrogen-bond donors (Lipinski definition) is 3. The van der Waals surface area contributed by atoms with E-state index < -0.39 is 5.60 Å². The predicted octanol–water partition coefficient (Wildman–Crippen LogP) is 1.36. The van der Waals surface area contributed by atoms with Gasteiger partial charge in [0, 0.05) is 32.6 Å². The molecule has 1 aromatic carbocycles. The van der Waals surface area contributed by atoms with Gasteiger partial charge in [-0.2, -0.15) is 0 Å². The SMILES string of the molecule is Nc1cc(F)ccc1NCC1(O)CCOCC1. The minimum Gasteiger partial charge on any atom is -0.397 e. The maximum Gasteiger partial charge on any atom is 0.125 e. The standard InChI is InChI=1S/C12H17FN2O2/c13-9-1-2-11(10(14)7-9)15-8-12(16)3-5-17-6-4-12/h1-2,7,15-16H,3-6,8,14H2. The van der Waals surface area contributed by atoms with Crippen LogP contribution in [0.1, 0.15) is 12.8 Å². The molecule has 5 heteroatoms. The lowest BCUT2D eigenvalue weighted by Crippen LogP contribution is -2.42. The maximum atomic E-state index is 12.8. The summed E-state index contributed by atoms with van der Waals surface area (Å²) in [5, 5.41) is 13.3. The second kappa shape index (κ2) is 4.89. The molecular weight excluding hydrogens is 223 g/mol. The average molecular weight is 240 g/mol. The minimum atomic E-state index is -0.765. The first-order chi connectivity index (χ1) is 8.09. The van der Waals surface area contributed by atoms with Gasteiger partial charge in [0.15, 0.2) is 0 Å². The average Bonchev–Trinajstić information content (AvgIpc) is 2.29. The number of nitrogens with two attached hydrogens (primary N) is 1. The Bertz CT molecular complexity index is 392. The van der Waals surface area contributed by atoms with Gasteiger partial charge in [0.1, 0.15) is 5.82 Å². The quantitative estimate of drug-likeness (QED) is 0.698. The molecule has 1 saturated heterocycles. The van der Waals surface area contributed by atoms with Gasteiger partial charge >= 0.3 is 0 Å². The summed E-state index contributed by atoms with van der Waals surface area (Å²) < 4.78 is 18.0. The molecule has 0 amide bonds. The Balaban J connectivity index is 1.97. The van der Waals surface area contributed by atoms with Crippen molar-refractivity contribution in [2.24, 2.45) is 0 Å². The van der Waals surface area contributed by atoms with Crippen LogP contribution in [0.15, 0.2) is 18.2 Å². The molecule has 0 aliphatic carbocycles. The lowest BCUT2D eigenvalue weighted by Gasteiger charge is -2.32. The van der Waals surface area contributed by atoms with Crippen molar-refractivity contribution in [2.75, 3.05) is 30.8 Å². The van der Waals surface area contributed by atoms with Crippen LogP contribution < -0.4 is 11.1 Å². The normalized spacial score (nSPS) is 18.9. The fraction of sp³-hybridized carbons (Fsp3) is 0.500. The Morgan fingerprint density at radius 2 is 2.12 bits per heavy atom. The number of hydrogen-bond acceptors (Lipinski definition) is 4. The van der Waals surface area contributed by atoms with Crippen LogP contribution in [0.25, 0.3) is 0 Å². The molecule has 4 nitrogen and oxygen atoms in total. The molecule has 1 aliphatic rings. The van der Waals surface area contributed by atoms with E-state index in [-0.39, 0.29) is 5.82 Å². The smallest absolute Gasteiger partial charge is 0.125 e. The van der Waals surface area contributed by atoms with E-state index >= 15 is 0 Å². The third-order valence-corrected chi connectivity index (χ3v) is 3.05. The van der Waals surface area contributed by atoms with E-state index in [1.807, 2.05) is 0 Å². The van der Waals surface area contributed by atoms with E-state index in [2.05, 4.69) is 5.32 Å². The second-order valence-corrected chi connectivity index (χ2v) is 4.42. The van der Waals surface area contributed by atoms with E-state index in [0.29, 0.717) is 44.0 Å². The van der Waals surface area contributed by atoms with Crippen molar-refractivity contribution in [1.82, 2.24) is 0 Å². The third-order valence-electron chi connectivity index (χ3n) is 3.05. The van der Waals surface area contributed by atoms with Gasteiger partial charge in [0.05, 0.1) is 17.0 Å². The Labute approximate surface area is 99.6 Å². The number of halogens is 1. The molecule has 0 aromatic heterocycles. The highest BCUT2D eigenvalue weighted by Gasteiger charge is 2.29. The zero-order valence-corrected chi connectivity index (χ0v) is 9.58. The van der Waals surface area contributed by atoms with Crippen molar-refractivity contribution < 1.29 is 14.2 Å². The summed E-state index contributed by atoms with van der Waals surface area (Å²) in [5.41, 5.74) is 5.90. The highest BCUT2D eigenvalue weighted by molar-refractivity contribution is 5.65. The number of aliphatic hydroxyl groups is 1. The highest BCUT2D eigenvalue weighted by atomic mass is 19.1. The van der Waals surface area contributed by atoms with Gasteiger partial charge < -0.3 is 20.9 Å². The topological polar surface area (TPSA) is 67.5 Å². The summed E-state index contributed by atoms with van der Waals surface area (Å²) in [6.45, 7) is 1.53. The summed E-state index contributed by atoms with van der Waals surface area (Å²) in [6.07, 6.45) is 1.20.